The Hall–Kier alpha value is -2.30. The molecule has 1 fully saturated rings. The molecular weight excluding hydrogens is 312 g/mol. The molecule has 0 aliphatic carbocycles. The van der Waals surface area contributed by atoms with Gasteiger partial charge in [0, 0.05) is 51.3 Å². The average Bonchev–Trinajstić information content (AvgIpc) is 2.64. The molecule has 0 unspecified atom stereocenters. The van der Waals surface area contributed by atoms with E-state index in [2.05, 4.69) is 40.1 Å². The van der Waals surface area contributed by atoms with Gasteiger partial charge in [-0.05, 0) is 29.3 Å². The monoisotopic (exact) mass is 336 g/mol. The number of fused-ring (bicyclic) bond motifs is 1. The number of hydrogen-bond acceptors (Lipinski definition) is 4. The maximum atomic E-state index is 9.66. The molecule has 1 N–H and O–H groups in total. The second kappa shape index (κ2) is 7.30. The Morgan fingerprint density at radius 2 is 1.60 bits per heavy atom. The molecular formula is C21H24N2O2. The minimum absolute atomic E-state index is 0.304. The van der Waals surface area contributed by atoms with Crippen molar-refractivity contribution in [2.24, 2.45) is 0 Å². The zero-order valence-electron chi connectivity index (χ0n) is 14.4. The van der Waals surface area contributed by atoms with Gasteiger partial charge in [-0.25, -0.2) is 0 Å². The average molecular weight is 336 g/mol. The van der Waals surface area contributed by atoms with E-state index >= 15 is 0 Å². The fourth-order valence-corrected chi connectivity index (χ4v) is 3.58. The largest absolute Gasteiger partial charge is 0.508 e. The molecule has 0 atom stereocenters. The molecule has 4 nitrogen and oxygen atoms in total. The van der Waals surface area contributed by atoms with Crippen molar-refractivity contribution in [3.63, 3.8) is 0 Å². The Labute approximate surface area is 148 Å². The molecule has 2 aliphatic rings. The van der Waals surface area contributed by atoms with E-state index in [0.717, 1.165) is 57.0 Å². The summed E-state index contributed by atoms with van der Waals surface area (Å²) in [4.78, 5) is 5.01. The smallest absolute Gasteiger partial charge is 0.130 e. The molecule has 0 amide bonds. The molecule has 2 heterocycles. The molecule has 0 aromatic heterocycles. The maximum Gasteiger partial charge on any atom is 0.130 e. The highest BCUT2D eigenvalue weighted by Crippen LogP contribution is 2.30. The normalized spacial score (nSPS) is 18.3. The van der Waals surface area contributed by atoms with Gasteiger partial charge in [-0.1, -0.05) is 30.3 Å². The van der Waals surface area contributed by atoms with Gasteiger partial charge in [0.1, 0.15) is 11.5 Å². The number of ether oxygens (including phenoxy) is 1. The lowest BCUT2D eigenvalue weighted by Gasteiger charge is -2.35. The first-order chi connectivity index (χ1) is 12.3. The van der Waals surface area contributed by atoms with E-state index in [1.807, 2.05) is 12.3 Å². The summed E-state index contributed by atoms with van der Waals surface area (Å²) in [5, 5.41) is 9.66. The number of rotatable bonds is 4. The highest BCUT2D eigenvalue weighted by atomic mass is 16.5. The van der Waals surface area contributed by atoms with Crippen LogP contribution in [0.4, 0.5) is 0 Å². The SMILES string of the molecule is Oc1ccc2c(c1)CC(CN1CCN(Cc3ccccc3)CC1)=CO2. The van der Waals surface area contributed by atoms with Crippen LogP contribution in [-0.2, 0) is 13.0 Å². The van der Waals surface area contributed by atoms with Crippen LogP contribution in [0.15, 0.2) is 60.4 Å². The van der Waals surface area contributed by atoms with Crippen LogP contribution >= 0.6 is 0 Å². The molecule has 4 heteroatoms. The van der Waals surface area contributed by atoms with Gasteiger partial charge >= 0.3 is 0 Å². The summed E-state index contributed by atoms with van der Waals surface area (Å²) < 4.78 is 5.72. The number of aromatic hydroxyl groups is 1. The Morgan fingerprint density at radius 1 is 0.880 bits per heavy atom. The quantitative estimate of drug-likeness (QED) is 0.931. The number of benzene rings is 2. The highest BCUT2D eigenvalue weighted by molar-refractivity contribution is 5.44. The number of hydrogen-bond donors (Lipinski definition) is 1. The van der Waals surface area contributed by atoms with Gasteiger partial charge < -0.3 is 9.84 Å². The van der Waals surface area contributed by atoms with Crippen molar-refractivity contribution >= 4 is 0 Å². The number of piperazine rings is 1. The summed E-state index contributed by atoms with van der Waals surface area (Å²) in [6, 6.07) is 16.0. The summed E-state index contributed by atoms with van der Waals surface area (Å²) in [5.41, 5.74) is 3.73. The van der Waals surface area contributed by atoms with E-state index < -0.39 is 0 Å². The third-order valence-electron chi connectivity index (χ3n) is 4.95. The summed E-state index contributed by atoms with van der Waals surface area (Å²) >= 11 is 0. The lowest BCUT2D eigenvalue weighted by Crippen LogP contribution is -2.46. The third-order valence-corrected chi connectivity index (χ3v) is 4.95. The van der Waals surface area contributed by atoms with Gasteiger partial charge in [-0.2, -0.15) is 0 Å². The molecule has 0 bridgehead atoms. The van der Waals surface area contributed by atoms with E-state index in [1.54, 1.807) is 12.1 Å². The van der Waals surface area contributed by atoms with Gasteiger partial charge in [0.25, 0.3) is 0 Å². The van der Waals surface area contributed by atoms with Crippen LogP contribution in [0.1, 0.15) is 11.1 Å². The Morgan fingerprint density at radius 3 is 2.36 bits per heavy atom. The van der Waals surface area contributed by atoms with Crippen LogP contribution < -0.4 is 4.74 Å². The number of nitrogens with zero attached hydrogens (tertiary/aromatic N) is 2. The molecule has 0 radical (unpaired) electrons. The van der Waals surface area contributed by atoms with Crippen LogP contribution in [0.25, 0.3) is 0 Å². The molecule has 0 spiro atoms. The van der Waals surface area contributed by atoms with E-state index in [4.69, 9.17) is 4.74 Å². The van der Waals surface area contributed by atoms with Crippen molar-refractivity contribution < 1.29 is 9.84 Å². The van der Waals surface area contributed by atoms with Crippen molar-refractivity contribution in [2.75, 3.05) is 32.7 Å². The molecule has 0 saturated carbocycles. The maximum absolute atomic E-state index is 9.66. The second-order valence-corrected chi connectivity index (χ2v) is 6.90. The van der Waals surface area contributed by atoms with Gasteiger partial charge in [-0.15, -0.1) is 0 Å². The third kappa shape index (κ3) is 4.03. The summed E-state index contributed by atoms with van der Waals surface area (Å²) in [7, 11) is 0. The first kappa shape index (κ1) is 16.2. The first-order valence-electron chi connectivity index (χ1n) is 8.91. The van der Waals surface area contributed by atoms with Crippen molar-refractivity contribution in [1.29, 1.82) is 0 Å². The molecule has 130 valence electrons. The van der Waals surface area contributed by atoms with Crippen molar-refractivity contribution in [2.45, 2.75) is 13.0 Å². The molecule has 2 aliphatic heterocycles. The van der Waals surface area contributed by atoms with Crippen LogP contribution in [0, 0.1) is 0 Å². The van der Waals surface area contributed by atoms with Crippen LogP contribution in [0.2, 0.25) is 0 Å². The Balaban J connectivity index is 1.28. The fourth-order valence-electron chi connectivity index (χ4n) is 3.58. The van der Waals surface area contributed by atoms with E-state index in [9.17, 15) is 5.11 Å². The second-order valence-electron chi connectivity index (χ2n) is 6.90. The predicted octanol–water partition coefficient (Wildman–Crippen LogP) is 3.03. The van der Waals surface area contributed by atoms with Gasteiger partial charge in [-0.3, -0.25) is 9.80 Å². The van der Waals surface area contributed by atoms with Crippen molar-refractivity contribution in [1.82, 2.24) is 9.80 Å². The van der Waals surface area contributed by atoms with E-state index in [-0.39, 0.29) is 0 Å². The van der Waals surface area contributed by atoms with Gasteiger partial charge in [0.2, 0.25) is 0 Å². The summed E-state index contributed by atoms with van der Waals surface area (Å²) in [6.07, 6.45) is 2.74. The topological polar surface area (TPSA) is 35.9 Å². The zero-order valence-corrected chi connectivity index (χ0v) is 14.4. The summed E-state index contributed by atoms with van der Waals surface area (Å²) in [6.45, 7) is 6.33. The van der Waals surface area contributed by atoms with E-state index in [1.165, 1.54) is 11.1 Å². The molecule has 1 saturated heterocycles. The minimum atomic E-state index is 0.304. The minimum Gasteiger partial charge on any atom is -0.508 e. The fraction of sp³-hybridized carbons (Fsp3) is 0.333. The molecule has 25 heavy (non-hydrogen) atoms. The lowest BCUT2D eigenvalue weighted by atomic mass is 10.0. The molecule has 2 aromatic carbocycles. The molecule has 2 aromatic rings. The summed E-state index contributed by atoms with van der Waals surface area (Å²) in [5.74, 6) is 1.16. The predicted molar refractivity (Wildman–Crippen MR) is 98.7 cm³/mol. The van der Waals surface area contributed by atoms with Gasteiger partial charge in [0.15, 0.2) is 0 Å². The van der Waals surface area contributed by atoms with Crippen LogP contribution in [0.5, 0.6) is 11.5 Å². The van der Waals surface area contributed by atoms with E-state index in [0.29, 0.717) is 5.75 Å². The zero-order chi connectivity index (χ0) is 17.1. The first-order valence-corrected chi connectivity index (χ1v) is 8.91. The highest BCUT2D eigenvalue weighted by Gasteiger charge is 2.20. The van der Waals surface area contributed by atoms with Crippen molar-refractivity contribution in [3.8, 4) is 11.5 Å². The lowest BCUT2D eigenvalue weighted by molar-refractivity contribution is 0.133. The van der Waals surface area contributed by atoms with Crippen LogP contribution in [0.3, 0.4) is 0 Å². The number of phenols is 1. The van der Waals surface area contributed by atoms with Crippen LogP contribution in [-0.4, -0.2) is 47.6 Å². The van der Waals surface area contributed by atoms with Crippen molar-refractivity contribution in [3.05, 3.63) is 71.5 Å². The Kier molecular flexibility index (Phi) is 4.72. The van der Waals surface area contributed by atoms with Gasteiger partial charge in [0.05, 0.1) is 6.26 Å². The standard InChI is InChI=1S/C21H24N2O2/c24-20-6-7-21-19(13-20)12-18(16-25-21)15-23-10-8-22(9-11-23)14-17-4-2-1-3-5-17/h1-7,13,16,24H,8-12,14-15H2. The molecule has 4 rings (SSSR count). The Bertz CT molecular complexity index is 750. The number of phenolic OH excluding ortho intramolecular Hbond substituents is 1.